The Bertz CT molecular complexity index is 944. The van der Waals surface area contributed by atoms with Crippen molar-refractivity contribution in [3.8, 4) is 16.4 Å². The van der Waals surface area contributed by atoms with Crippen LogP contribution in [0.2, 0.25) is 0 Å². The van der Waals surface area contributed by atoms with Crippen LogP contribution in [0.15, 0.2) is 21.1 Å². The Morgan fingerprint density at radius 1 is 1.44 bits per heavy atom. The van der Waals surface area contributed by atoms with Gasteiger partial charge in [-0.2, -0.15) is 14.9 Å². The van der Waals surface area contributed by atoms with Gasteiger partial charge in [-0.1, -0.05) is 25.2 Å². The van der Waals surface area contributed by atoms with E-state index >= 15 is 0 Å². The summed E-state index contributed by atoms with van der Waals surface area (Å²) in [6.07, 6.45) is 3.65. The van der Waals surface area contributed by atoms with Crippen molar-refractivity contribution in [2.45, 2.75) is 30.2 Å². The van der Waals surface area contributed by atoms with Crippen molar-refractivity contribution >= 4 is 45.0 Å². The van der Waals surface area contributed by atoms with Crippen molar-refractivity contribution in [1.29, 1.82) is 0 Å². The molecule has 132 valence electrons. The van der Waals surface area contributed by atoms with Crippen LogP contribution in [0.4, 0.5) is 0 Å². The Kier molecular flexibility index (Phi) is 5.03. The van der Waals surface area contributed by atoms with E-state index in [2.05, 4.69) is 45.0 Å². The minimum Gasteiger partial charge on any atom is -0.476 e. The number of rotatable bonds is 5. The third kappa shape index (κ3) is 3.51. The summed E-state index contributed by atoms with van der Waals surface area (Å²) in [5.74, 6) is -1.05. The van der Waals surface area contributed by atoms with Crippen LogP contribution in [0.5, 0.6) is 0 Å². The minimum absolute atomic E-state index is 0.0742. The molecular formula is C15H16BrN5O2S2. The monoisotopic (exact) mass is 441 g/mol. The maximum Gasteiger partial charge on any atom is 0.355 e. The third-order valence-corrected chi connectivity index (χ3v) is 6.47. The highest BCUT2D eigenvalue weighted by molar-refractivity contribution is 9.10. The van der Waals surface area contributed by atoms with Gasteiger partial charge in [-0.3, -0.25) is 4.68 Å². The van der Waals surface area contributed by atoms with Crippen molar-refractivity contribution < 1.29 is 9.90 Å². The Morgan fingerprint density at radius 3 is 2.72 bits per heavy atom. The van der Waals surface area contributed by atoms with Gasteiger partial charge in [0.15, 0.2) is 5.69 Å². The van der Waals surface area contributed by atoms with Crippen LogP contribution >= 0.6 is 39.0 Å². The summed E-state index contributed by atoms with van der Waals surface area (Å²) in [5, 5.41) is 19.0. The summed E-state index contributed by atoms with van der Waals surface area (Å²) in [6.45, 7) is 5.97. The Labute approximate surface area is 161 Å². The number of thioether (sulfide) groups is 1. The topological polar surface area (TPSA) is 85.8 Å². The largest absolute Gasteiger partial charge is 0.476 e. The standard InChI is InChI=1S/C15H16BrN5O2S2/c1-7(2)24-14-11(9-5-17-20(4)6-9)18-15(25-14)21-12(13(22)23)10(16)8(3)19-21/h5-7H,1-4H3,(H,22,23). The normalized spacial score (nSPS) is 11.4. The van der Waals surface area contributed by atoms with Crippen LogP contribution in [0.1, 0.15) is 30.0 Å². The highest BCUT2D eigenvalue weighted by Crippen LogP contribution is 2.40. The van der Waals surface area contributed by atoms with Gasteiger partial charge in [0.1, 0.15) is 5.69 Å². The first-order valence-corrected chi connectivity index (χ1v) is 9.92. The van der Waals surface area contributed by atoms with E-state index in [1.54, 1.807) is 29.6 Å². The van der Waals surface area contributed by atoms with Gasteiger partial charge in [-0.25, -0.2) is 9.78 Å². The number of carboxylic acids is 1. The molecule has 25 heavy (non-hydrogen) atoms. The molecule has 0 saturated carbocycles. The highest BCUT2D eigenvalue weighted by Gasteiger charge is 2.25. The van der Waals surface area contributed by atoms with E-state index in [4.69, 9.17) is 0 Å². The number of carbonyl (C=O) groups is 1. The van der Waals surface area contributed by atoms with E-state index in [1.165, 1.54) is 16.0 Å². The van der Waals surface area contributed by atoms with Crippen molar-refractivity contribution in [3.63, 3.8) is 0 Å². The van der Waals surface area contributed by atoms with E-state index in [0.29, 0.717) is 20.5 Å². The third-order valence-electron chi connectivity index (χ3n) is 3.28. The smallest absolute Gasteiger partial charge is 0.355 e. The first kappa shape index (κ1) is 18.2. The van der Waals surface area contributed by atoms with Gasteiger partial charge in [0.25, 0.3) is 0 Å². The fourth-order valence-electron chi connectivity index (χ4n) is 2.24. The lowest BCUT2D eigenvalue weighted by Gasteiger charge is -2.02. The van der Waals surface area contributed by atoms with E-state index < -0.39 is 5.97 Å². The quantitative estimate of drug-likeness (QED) is 0.602. The van der Waals surface area contributed by atoms with E-state index in [9.17, 15) is 9.90 Å². The summed E-state index contributed by atoms with van der Waals surface area (Å²) in [6, 6.07) is 0. The second kappa shape index (κ2) is 6.93. The zero-order chi connectivity index (χ0) is 18.3. The number of carboxylic acid groups (broad SMARTS) is 1. The number of hydrogen-bond donors (Lipinski definition) is 1. The average molecular weight is 442 g/mol. The molecule has 0 aliphatic heterocycles. The fourth-order valence-corrected chi connectivity index (χ4v) is 5.13. The van der Waals surface area contributed by atoms with Crippen LogP contribution in [0.3, 0.4) is 0 Å². The Balaban J connectivity index is 2.17. The SMILES string of the molecule is Cc1nn(-c2nc(-c3cnn(C)c3)c(SC(C)C)s2)c(C(=O)O)c1Br. The van der Waals surface area contributed by atoms with E-state index in [-0.39, 0.29) is 5.69 Å². The first-order chi connectivity index (χ1) is 11.8. The summed E-state index contributed by atoms with van der Waals surface area (Å²) in [7, 11) is 1.85. The molecule has 3 aromatic heterocycles. The van der Waals surface area contributed by atoms with Gasteiger partial charge in [0.2, 0.25) is 5.13 Å². The molecule has 0 spiro atoms. The lowest BCUT2D eigenvalue weighted by molar-refractivity contribution is 0.0686. The number of aromatic nitrogens is 5. The number of nitrogens with zero attached hydrogens (tertiary/aromatic N) is 5. The van der Waals surface area contributed by atoms with Gasteiger partial charge in [-0.15, -0.1) is 11.8 Å². The molecule has 0 atom stereocenters. The molecular weight excluding hydrogens is 426 g/mol. The van der Waals surface area contributed by atoms with Crippen LogP contribution in [0, 0.1) is 6.92 Å². The molecule has 0 amide bonds. The molecule has 0 aromatic carbocycles. The summed E-state index contributed by atoms with van der Waals surface area (Å²) in [5.41, 5.74) is 2.37. The van der Waals surface area contributed by atoms with Gasteiger partial charge < -0.3 is 5.11 Å². The maximum atomic E-state index is 11.6. The zero-order valence-electron chi connectivity index (χ0n) is 14.0. The number of thiazole rings is 1. The number of aromatic carboxylic acids is 1. The average Bonchev–Trinajstić information content (AvgIpc) is 3.18. The van der Waals surface area contributed by atoms with Gasteiger partial charge in [-0.05, 0) is 22.9 Å². The van der Waals surface area contributed by atoms with E-state index in [0.717, 1.165) is 15.5 Å². The molecule has 0 unspecified atom stereocenters. The lowest BCUT2D eigenvalue weighted by atomic mass is 10.3. The fraction of sp³-hybridized carbons (Fsp3) is 0.333. The maximum absolute atomic E-state index is 11.6. The van der Waals surface area contributed by atoms with Gasteiger partial charge in [0.05, 0.1) is 20.6 Å². The number of hydrogen-bond acceptors (Lipinski definition) is 6. The number of halogens is 1. The van der Waals surface area contributed by atoms with E-state index in [1.807, 2.05) is 13.2 Å². The van der Waals surface area contributed by atoms with Crippen molar-refractivity contribution in [2.24, 2.45) is 7.05 Å². The molecule has 3 heterocycles. The molecule has 1 N–H and O–H groups in total. The zero-order valence-corrected chi connectivity index (χ0v) is 17.2. The van der Waals surface area contributed by atoms with Gasteiger partial charge in [0, 0.05) is 24.1 Å². The first-order valence-electron chi connectivity index (χ1n) is 7.43. The molecule has 0 saturated heterocycles. The molecule has 10 heteroatoms. The highest BCUT2D eigenvalue weighted by atomic mass is 79.9. The molecule has 0 radical (unpaired) electrons. The summed E-state index contributed by atoms with van der Waals surface area (Å²) < 4.78 is 4.58. The van der Waals surface area contributed by atoms with Crippen LogP contribution in [0.25, 0.3) is 16.4 Å². The van der Waals surface area contributed by atoms with Crippen molar-refractivity contribution in [1.82, 2.24) is 24.5 Å². The molecule has 0 aliphatic rings. The predicted octanol–water partition coefficient (Wildman–Crippen LogP) is 4.00. The molecule has 0 bridgehead atoms. The van der Waals surface area contributed by atoms with Crippen LogP contribution < -0.4 is 0 Å². The summed E-state index contributed by atoms with van der Waals surface area (Å²) >= 11 is 6.43. The summed E-state index contributed by atoms with van der Waals surface area (Å²) in [4.78, 5) is 16.3. The second-order valence-corrected chi connectivity index (χ2v) is 9.28. The molecule has 0 aliphatic carbocycles. The van der Waals surface area contributed by atoms with Crippen LogP contribution in [-0.2, 0) is 7.05 Å². The predicted molar refractivity (Wildman–Crippen MR) is 102 cm³/mol. The Morgan fingerprint density at radius 2 is 2.16 bits per heavy atom. The van der Waals surface area contributed by atoms with Crippen molar-refractivity contribution in [3.05, 3.63) is 28.3 Å². The number of aryl methyl sites for hydroxylation is 2. The lowest BCUT2D eigenvalue weighted by Crippen LogP contribution is -2.08. The second-order valence-electron chi connectivity index (χ2n) is 5.67. The molecule has 7 nitrogen and oxygen atoms in total. The molecule has 0 fully saturated rings. The molecule has 3 aromatic rings. The minimum atomic E-state index is -1.05. The van der Waals surface area contributed by atoms with Crippen molar-refractivity contribution in [2.75, 3.05) is 0 Å². The Hall–Kier alpha value is -1.65. The van der Waals surface area contributed by atoms with Gasteiger partial charge >= 0.3 is 5.97 Å². The molecule has 3 rings (SSSR count). The van der Waals surface area contributed by atoms with Crippen LogP contribution in [-0.4, -0.2) is 40.9 Å².